The van der Waals surface area contributed by atoms with Crippen LogP contribution in [0.4, 0.5) is 0 Å². The van der Waals surface area contributed by atoms with E-state index < -0.39 is 0 Å². The first-order valence-electron chi connectivity index (χ1n) is 6.28. The fourth-order valence-corrected chi connectivity index (χ4v) is 2.07. The summed E-state index contributed by atoms with van der Waals surface area (Å²) >= 11 is 0. The number of H-pyrrole nitrogens is 1. The van der Waals surface area contributed by atoms with Crippen molar-refractivity contribution in [3.63, 3.8) is 0 Å². The van der Waals surface area contributed by atoms with Crippen LogP contribution in [0.3, 0.4) is 0 Å². The average Bonchev–Trinajstić information content (AvgIpc) is 2.53. The zero-order chi connectivity index (χ0) is 14.8. The molecule has 1 aromatic carbocycles. The number of nitrogens with one attached hydrogen (secondary N) is 1. The predicted octanol–water partition coefficient (Wildman–Crippen LogP) is 2.00. The van der Waals surface area contributed by atoms with Crippen LogP contribution in [-0.4, -0.2) is 29.2 Å². The monoisotopic (exact) mass is 283 g/mol. The summed E-state index contributed by atoms with van der Waals surface area (Å²) in [6.07, 6.45) is 3.14. The number of aromatic nitrogens is 3. The van der Waals surface area contributed by atoms with Crippen LogP contribution in [0.15, 0.2) is 41.5 Å². The number of fused-ring (bicyclic) bond motifs is 1. The van der Waals surface area contributed by atoms with Gasteiger partial charge < -0.3 is 14.5 Å². The maximum absolute atomic E-state index is 11.2. The topological polar surface area (TPSA) is 77.1 Å². The number of nitrogens with zero attached hydrogens (tertiary/aromatic N) is 2. The maximum Gasteiger partial charge on any atom is 0.345 e. The van der Waals surface area contributed by atoms with Gasteiger partial charge in [0.1, 0.15) is 11.5 Å². The lowest BCUT2D eigenvalue weighted by atomic mass is 10.1. The Balaban J connectivity index is 2.15. The first-order chi connectivity index (χ1) is 10.2. The number of methoxy groups -OCH3 is 2. The van der Waals surface area contributed by atoms with Crippen molar-refractivity contribution in [2.45, 2.75) is 0 Å². The minimum Gasteiger partial charge on any atom is -0.497 e. The summed E-state index contributed by atoms with van der Waals surface area (Å²) in [6, 6.07) is 7.39. The van der Waals surface area contributed by atoms with Crippen LogP contribution in [-0.2, 0) is 0 Å². The standard InChI is InChI=1S/C15H13N3O3/c1-20-11-3-9(4-12(6-11)21-2)13-5-10-7-17-15(19)18-14(10)8-16-13/h3-8H,1-2H3,(H,17,18,19). The fourth-order valence-electron chi connectivity index (χ4n) is 2.07. The lowest BCUT2D eigenvalue weighted by Crippen LogP contribution is -2.08. The molecule has 6 heteroatoms. The summed E-state index contributed by atoms with van der Waals surface area (Å²) in [7, 11) is 3.20. The molecule has 1 N–H and O–H groups in total. The summed E-state index contributed by atoms with van der Waals surface area (Å²) in [4.78, 5) is 21.9. The van der Waals surface area contributed by atoms with Crippen LogP contribution >= 0.6 is 0 Å². The highest BCUT2D eigenvalue weighted by atomic mass is 16.5. The summed E-state index contributed by atoms with van der Waals surface area (Å²) < 4.78 is 10.5. The van der Waals surface area contributed by atoms with E-state index in [1.54, 1.807) is 26.5 Å². The van der Waals surface area contributed by atoms with Crippen LogP contribution < -0.4 is 15.2 Å². The Morgan fingerprint density at radius 3 is 2.33 bits per heavy atom. The van der Waals surface area contributed by atoms with Gasteiger partial charge >= 0.3 is 5.69 Å². The van der Waals surface area contributed by atoms with E-state index in [1.807, 2.05) is 18.2 Å². The van der Waals surface area contributed by atoms with E-state index in [-0.39, 0.29) is 5.69 Å². The van der Waals surface area contributed by atoms with Crippen LogP contribution in [0.25, 0.3) is 22.2 Å². The van der Waals surface area contributed by atoms with Gasteiger partial charge in [0.25, 0.3) is 0 Å². The van der Waals surface area contributed by atoms with Gasteiger partial charge in [-0.25, -0.2) is 9.78 Å². The second kappa shape index (κ2) is 5.24. The van der Waals surface area contributed by atoms with Gasteiger partial charge in [0.15, 0.2) is 0 Å². The largest absolute Gasteiger partial charge is 0.497 e. The molecule has 0 bridgehead atoms. The maximum atomic E-state index is 11.2. The number of benzene rings is 1. The van der Waals surface area contributed by atoms with E-state index in [4.69, 9.17) is 9.47 Å². The molecule has 3 rings (SSSR count). The van der Waals surface area contributed by atoms with E-state index in [0.717, 1.165) is 16.6 Å². The van der Waals surface area contributed by atoms with E-state index in [2.05, 4.69) is 15.0 Å². The van der Waals surface area contributed by atoms with Gasteiger partial charge in [-0.1, -0.05) is 0 Å². The van der Waals surface area contributed by atoms with Gasteiger partial charge in [-0.2, -0.15) is 0 Å². The molecule has 2 aromatic heterocycles. The molecule has 0 spiro atoms. The van der Waals surface area contributed by atoms with E-state index >= 15 is 0 Å². The number of hydrogen-bond donors (Lipinski definition) is 1. The predicted molar refractivity (Wildman–Crippen MR) is 78.7 cm³/mol. The Morgan fingerprint density at radius 1 is 0.952 bits per heavy atom. The average molecular weight is 283 g/mol. The molecule has 21 heavy (non-hydrogen) atoms. The minimum atomic E-state index is -0.389. The molecule has 0 fully saturated rings. The molecular weight excluding hydrogens is 270 g/mol. The van der Waals surface area contributed by atoms with Crippen LogP contribution in [0.1, 0.15) is 0 Å². The van der Waals surface area contributed by atoms with Crippen molar-refractivity contribution in [3.8, 4) is 22.8 Å². The van der Waals surface area contributed by atoms with E-state index in [1.165, 1.54) is 6.20 Å². The molecule has 0 saturated carbocycles. The number of pyridine rings is 1. The highest BCUT2D eigenvalue weighted by molar-refractivity contribution is 5.81. The molecule has 106 valence electrons. The lowest BCUT2D eigenvalue weighted by Gasteiger charge is -2.08. The normalized spacial score (nSPS) is 10.6. The second-order valence-corrected chi connectivity index (χ2v) is 4.45. The molecule has 3 aromatic rings. The molecule has 2 heterocycles. The number of aromatic amines is 1. The summed E-state index contributed by atoms with van der Waals surface area (Å²) in [5.41, 5.74) is 1.86. The number of ether oxygens (including phenoxy) is 2. The Hall–Kier alpha value is -2.89. The summed E-state index contributed by atoms with van der Waals surface area (Å²) in [5, 5.41) is 0.807. The van der Waals surface area contributed by atoms with Gasteiger partial charge in [-0.15, -0.1) is 0 Å². The Labute approximate surface area is 120 Å². The Bertz CT molecular complexity index is 836. The first kappa shape index (κ1) is 13.1. The quantitative estimate of drug-likeness (QED) is 0.795. The number of rotatable bonds is 3. The summed E-state index contributed by atoms with van der Waals surface area (Å²) in [5.74, 6) is 1.37. The third-order valence-corrected chi connectivity index (χ3v) is 3.15. The molecule has 0 aliphatic rings. The molecular formula is C15H13N3O3. The molecule has 0 atom stereocenters. The van der Waals surface area contributed by atoms with Crippen LogP contribution in [0, 0.1) is 0 Å². The van der Waals surface area contributed by atoms with Crippen LogP contribution in [0.2, 0.25) is 0 Å². The van der Waals surface area contributed by atoms with Gasteiger partial charge in [0.05, 0.1) is 31.6 Å². The van der Waals surface area contributed by atoms with E-state index in [0.29, 0.717) is 17.0 Å². The van der Waals surface area contributed by atoms with Crippen molar-refractivity contribution in [3.05, 3.63) is 47.1 Å². The fraction of sp³-hybridized carbons (Fsp3) is 0.133. The molecule has 0 saturated heterocycles. The number of hydrogen-bond acceptors (Lipinski definition) is 5. The van der Waals surface area contributed by atoms with Crippen molar-refractivity contribution >= 4 is 10.9 Å². The molecule has 0 aliphatic heterocycles. The molecule has 0 unspecified atom stereocenters. The van der Waals surface area contributed by atoms with Gasteiger partial charge in [0.2, 0.25) is 0 Å². The smallest absolute Gasteiger partial charge is 0.345 e. The summed E-state index contributed by atoms with van der Waals surface area (Å²) in [6.45, 7) is 0. The Morgan fingerprint density at radius 2 is 1.67 bits per heavy atom. The van der Waals surface area contributed by atoms with Crippen molar-refractivity contribution in [2.24, 2.45) is 0 Å². The lowest BCUT2D eigenvalue weighted by molar-refractivity contribution is 0.394. The SMILES string of the molecule is COc1cc(OC)cc(-c2cc3cnc(=O)[nH]c3cn2)c1. The van der Waals surface area contributed by atoms with Crippen molar-refractivity contribution in [2.75, 3.05) is 14.2 Å². The van der Waals surface area contributed by atoms with E-state index in [9.17, 15) is 4.79 Å². The van der Waals surface area contributed by atoms with Gasteiger partial charge in [-0.05, 0) is 18.2 Å². The Kier molecular flexibility index (Phi) is 3.27. The third kappa shape index (κ3) is 2.55. The molecule has 6 nitrogen and oxygen atoms in total. The zero-order valence-corrected chi connectivity index (χ0v) is 11.6. The van der Waals surface area contributed by atoms with Gasteiger partial charge in [0, 0.05) is 23.2 Å². The highest BCUT2D eigenvalue weighted by Gasteiger charge is 2.07. The minimum absolute atomic E-state index is 0.389. The zero-order valence-electron chi connectivity index (χ0n) is 11.6. The van der Waals surface area contributed by atoms with Gasteiger partial charge in [-0.3, -0.25) is 4.98 Å². The van der Waals surface area contributed by atoms with Crippen molar-refractivity contribution < 1.29 is 9.47 Å². The highest BCUT2D eigenvalue weighted by Crippen LogP contribution is 2.29. The first-order valence-corrected chi connectivity index (χ1v) is 6.28. The molecule has 0 amide bonds. The molecule has 0 radical (unpaired) electrons. The van der Waals surface area contributed by atoms with Crippen molar-refractivity contribution in [1.82, 2.24) is 15.0 Å². The third-order valence-electron chi connectivity index (χ3n) is 3.15. The van der Waals surface area contributed by atoms with Crippen LogP contribution in [0.5, 0.6) is 11.5 Å². The van der Waals surface area contributed by atoms with Crippen molar-refractivity contribution in [1.29, 1.82) is 0 Å². The molecule has 0 aliphatic carbocycles. The second-order valence-electron chi connectivity index (χ2n) is 4.45.